The number of hydrogen-bond acceptors (Lipinski definition) is 3. The van der Waals surface area contributed by atoms with Crippen LogP contribution in [0.3, 0.4) is 0 Å². The summed E-state index contributed by atoms with van der Waals surface area (Å²) < 4.78 is 28.6. The molecule has 2 aliphatic heterocycles. The van der Waals surface area contributed by atoms with E-state index in [1.807, 2.05) is 6.92 Å². The van der Waals surface area contributed by atoms with E-state index in [1.54, 1.807) is 8.61 Å². The molecule has 19 heavy (non-hydrogen) atoms. The maximum Gasteiger partial charge on any atom is 0.282 e. The van der Waals surface area contributed by atoms with Crippen LogP contribution in [0.1, 0.15) is 33.6 Å². The minimum atomic E-state index is -3.28. The zero-order valence-corrected chi connectivity index (χ0v) is 13.1. The highest BCUT2D eigenvalue weighted by Gasteiger charge is 2.39. The normalized spacial score (nSPS) is 36.5. The summed E-state index contributed by atoms with van der Waals surface area (Å²) in [5.41, 5.74) is 5.89. The van der Waals surface area contributed by atoms with Crippen LogP contribution in [0.4, 0.5) is 0 Å². The molecule has 112 valence electrons. The molecule has 4 atom stereocenters. The first-order valence-corrected chi connectivity index (χ1v) is 8.71. The molecule has 2 rings (SSSR count). The second-order valence-electron chi connectivity index (χ2n) is 6.54. The van der Waals surface area contributed by atoms with Gasteiger partial charge in [-0.15, -0.1) is 0 Å². The van der Waals surface area contributed by atoms with Gasteiger partial charge in [0.2, 0.25) is 0 Å². The smallest absolute Gasteiger partial charge is 0.282 e. The lowest BCUT2D eigenvalue weighted by molar-refractivity contribution is 0.211. The Bertz CT molecular complexity index is 400. The van der Waals surface area contributed by atoms with Gasteiger partial charge in [0.1, 0.15) is 0 Å². The maximum atomic E-state index is 12.7. The molecule has 2 saturated heterocycles. The molecule has 0 bridgehead atoms. The quantitative estimate of drug-likeness (QED) is 0.838. The SMILES string of the molecule is CC1CC(C)CN(S(=O)(=O)N2CCC(C(C)N)C2)C1. The largest absolute Gasteiger partial charge is 0.328 e. The van der Waals surface area contributed by atoms with Crippen molar-refractivity contribution in [2.45, 2.75) is 39.7 Å². The molecule has 0 aliphatic carbocycles. The maximum absolute atomic E-state index is 12.7. The summed E-state index contributed by atoms with van der Waals surface area (Å²) >= 11 is 0. The predicted octanol–water partition coefficient (Wildman–Crippen LogP) is 0.878. The highest BCUT2D eigenvalue weighted by atomic mass is 32.2. The Morgan fingerprint density at radius 3 is 2.16 bits per heavy atom. The molecule has 4 unspecified atom stereocenters. The predicted molar refractivity (Wildman–Crippen MR) is 76.8 cm³/mol. The summed E-state index contributed by atoms with van der Waals surface area (Å²) in [6.07, 6.45) is 2.00. The van der Waals surface area contributed by atoms with Crippen molar-refractivity contribution in [1.82, 2.24) is 8.61 Å². The highest BCUT2D eigenvalue weighted by Crippen LogP contribution is 2.28. The molecular weight excluding hydrogens is 262 g/mol. The van der Waals surface area contributed by atoms with Crippen LogP contribution in [0.2, 0.25) is 0 Å². The van der Waals surface area contributed by atoms with Crippen molar-refractivity contribution in [3.63, 3.8) is 0 Å². The van der Waals surface area contributed by atoms with Gasteiger partial charge in [-0.05, 0) is 37.5 Å². The first-order valence-electron chi connectivity index (χ1n) is 7.31. The Balaban J connectivity index is 2.06. The minimum absolute atomic E-state index is 0.0689. The molecule has 2 heterocycles. The monoisotopic (exact) mass is 289 g/mol. The molecule has 0 aromatic heterocycles. The topological polar surface area (TPSA) is 66.6 Å². The highest BCUT2D eigenvalue weighted by molar-refractivity contribution is 7.86. The van der Waals surface area contributed by atoms with Crippen LogP contribution in [-0.4, -0.2) is 49.2 Å². The average Bonchev–Trinajstić information content (AvgIpc) is 2.77. The third-order valence-corrected chi connectivity index (χ3v) is 6.35. The van der Waals surface area contributed by atoms with E-state index in [0.717, 1.165) is 12.8 Å². The van der Waals surface area contributed by atoms with E-state index in [4.69, 9.17) is 5.73 Å². The third-order valence-electron chi connectivity index (χ3n) is 4.42. The van der Waals surface area contributed by atoms with Gasteiger partial charge in [0.05, 0.1) is 0 Å². The van der Waals surface area contributed by atoms with Crippen LogP contribution in [-0.2, 0) is 10.2 Å². The number of hydrogen-bond donors (Lipinski definition) is 1. The Morgan fingerprint density at radius 1 is 1.11 bits per heavy atom. The van der Waals surface area contributed by atoms with Crippen molar-refractivity contribution < 1.29 is 8.42 Å². The van der Waals surface area contributed by atoms with Gasteiger partial charge in [-0.25, -0.2) is 0 Å². The second kappa shape index (κ2) is 5.68. The number of piperidine rings is 1. The molecule has 0 saturated carbocycles. The van der Waals surface area contributed by atoms with E-state index < -0.39 is 10.2 Å². The van der Waals surface area contributed by atoms with Gasteiger partial charge in [0, 0.05) is 32.2 Å². The van der Waals surface area contributed by atoms with Crippen LogP contribution in [0.15, 0.2) is 0 Å². The summed E-state index contributed by atoms with van der Waals surface area (Å²) in [6.45, 7) is 8.75. The van der Waals surface area contributed by atoms with Crippen LogP contribution >= 0.6 is 0 Å². The average molecular weight is 289 g/mol. The number of nitrogens with two attached hydrogens (primary N) is 1. The van der Waals surface area contributed by atoms with Crippen LogP contribution in [0.25, 0.3) is 0 Å². The lowest BCUT2D eigenvalue weighted by Gasteiger charge is -2.36. The zero-order chi connectivity index (χ0) is 14.2. The molecule has 0 aromatic rings. The van der Waals surface area contributed by atoms with E-state index in [0.29, 0.717) is 43.9 Å². The molecule has 6 heteroatoms. The van der Waals surface area contributed by atoms with Gasteiger partial charge >= 0.3 is 0 Å². The molecule has 0 radical (unpaired) electrons. The van der Waals surface area contributed by atoms with Crippen molar-refractivity contribution in [3.8, 4) is 0 Å². The molecule has 0 spiro atoms. The molecular formula is C13H27N3O2S. The lowest BCUT2D eigenvalue weighted by Crippen LogP contribution is -2.49. The summed E-state index contributed by atoms with van der Waals surface area (Å²) in [5.74, 6) is 1.20. The standard InChI is InChI=1S/C13H27N3O2S/c1-10-6-11(2)8-16(7-10)19(17,18)15-5-4-13(9-15)12(3)14/h10-13H,4-9,14H2,1-3H3. The van der Waals surface area contributed by atoms with Gasteiger partial charge in [0.25, 0.3) is 10.2 Å². The van der Waals surface area contributed by atoms with Gasteiger partial charge in [-0.3, -0.25) is 0 Å². The van der Waals surface area contributed by atoms with Crippen molar-refractivity contribution >= 4 is 10.2 Å². The fraction of sp³-hybridized carbons (Fsp3) is 1.00. The van der Waals surface area contributed by atoms with E-state index in [1.165, 1.54) is 0 Å². The Hall–Kier alpha value is -0.170. The fourth-order valence-electron chi connectivity index (χ4n) is 3.35. The van der Waals surface area contributed by atoms with E-state index in [9.17, 15) is 8.42 Å². The summed E-state index contributed by atoms with van der Waals surface area (Å²) in [7, 11) is -3.28. The van der Waals surface area contributed by atoms with E-state index in [2.05, 4.69) is 13.8 Å². The van der Waals surface area contributed by atoms with Crippen LogP contribution < -0.4 is 5.73 Å². The van der Waals surface area contributed by atoms with Crippen LogP contribution in [0, 0.1) is 17.8 Å². The Kier molecular flexibility index (Phi) is 4.55. The molecule has 5 nitrogen and oxygen atoms in total. The molecule has 2 fully saturated rings. The van der Waals surface area contributed by atoms with Gasteiger partial charge in [-0.1, -0.05) is 13.8 Å². The minimum Gasteiger partial charge on any atom is -0.328 e. The van der Waals surface area contributed by atoms with Crippen molar-refractivity contribution in [2.75, 3.05) is 26.2 Å². The van der Waals surface area contributed by atoms with Gasteiger partial charge in [-0.2, -0.15) is 17.0 Å². The summed E-state index contributed by atoms with van der Waals surface area (Å²) in [5, 5.41) is 0. The molecule has 2 N–H and O–H groups in total. The second-order valence-corrected chi connectivity index (χ2v) is 8.47. The number of nitrogens with zero attached hydrogens (tertiary/aromatic N) is 2. The first kappa shape index (κ1) is 15.2. The lowest BCUT2D eigenvalue weighted by atomic mass is 9.94. The van der Waals surface area contributed by atoms with E-state index in [-0.39, 0.29) is 6.04 Å². The first-order chi connectivity index (χ1) is 8.80. The molecule has 2 aliphatic rings. The Morgan fingerprint density at radius 2 is 1.68 bits per heavy atom. The van der Waals surface area contributed by atoms with Crippen molar-refractivity contribution in [3.05, 3.63) is 0 Å². The molecule has 0 aromatic carbocycles. The third kappa shape index (κ3) is 3.29. The van der Waals surface area contributed by atoms with Crippen molar-refractivity contribution in [1.29, 1.82) is 0 Å². The molecule has 0 amide bonds. The number of rotatable bonds is 3. The zero-order valence-electron chi connectivity index (χ0n) is 12.2. The fourth-order valence-corrected chi connectivity index (χ4v) is 5.28. The van der Waals surface area contributed by atoms with Gasteiger partial charge < -0.3 is 5.73 Å². The Labute approximate surface area is 117 Å². The van der Waals surface area contributed by atoms with Crippen LogP contribution in [0.5, 0.6) is 0 Å². The van der Waals surface area contributed by atoms with Gasteiger partial charge in [0.15, 0.2) is 0 Å². The van der Waals surface area contributed by atoms with Crippen molar-refractivity contribution in [2.24, 2.45) is 23.5 Å². The summed E-state index contributed by atoms with van der Waals surface area (Å²) in [4.78, 5) is 0. The summed E-state index contributed by atoms with van der Waals surface area (Å²) in [6, 6.07) is 0.0689. The van der Waals surface area contributed by atoms with E-state index >= 15 is 0 Å².